The summed E-state index contributed by atoms with van der Waals surface area (Å²) in [7, 11) is 0. The van der Waals surface area contributed by atoms with Gasteiger partial charge in [0.2, 0.25) is 0 Å². The van der Waals surface area contributed by atoms with Crippen molar-refractivity contribution >= 4 is 23.1 Å². The van der Waals surface area contributed by atoms with Crippen molar-refractivity contribution in [3.63, 3.8) is 0 Å². The van der Waals surface area contributed by atoms with Gasteiger partial charge in [0.15, 0.2) is 0 Å². The summed E-state index contributed by atoms with van der Waals surface area (Å²) in [5.41, 5.74) is 3.36. The summed E-state index contributed by atoms with van der Waals surface area (Å²) >= 11 is 2.70. The molecule has 1 N–H and O–H groups in total. The molecule has 0 amide bonds. The Kier molecular flexibility index (Phi) is 9.93. The van der Waals surface area contributed by atoms with E-state index in [1.807, 2.05) is 0 Å². The maximum atomic E-state index is 4.08. The van der Waals surface area contributed by atoms with E-state index in [-0.39, 0.29) is 0 Å². The van der Waals surface area contributed by atoms with Crippen LogP contribution in [-0.4, -0.2) is 44.7 Å². The Morgan fingerprint density at radius 1 is 0.750 bits per heavy atom. The summed E-state index contributed by atoms with van der Waals surface area (Å²) in [4.78, 5) is 0. The maximum Gasteiger partial charge on any atom is 0.103 e. The van der Waals surface area contributed by atoms with Crippen LogP contribution in [0.15, 0.2) is 52.8 Å². The molecule has 4 aromatic heterocycles. The van der Waals surface area contributed by atoms with Crippen LogP contribution in [0.5, 0.6) is 0 Å². The van der Waals surface area contributed by atoms with Crippen molar-refractivity contribution < 1.29 is 4.63 Å². The van der Waals surface area contributed by atoms with Gasteiger partial charge in [0.25, 0.3) is 0 Å². The molecule has 0 bridgehead atoms. The molecule has 0 saturated heterocycles. The maximum absolute atomic E-state index is 4.08. The van der Waals surface area contributed by atoms with Gasteiger partial charge in [0, 0.05) is 0 Å². The van der Waals surface area contributed by atoms with Crippen LogP contribution in [0.1, 0.15) is 0 Å². The molecular weight excluding hydrogens is 302 g/mol. The predicted molar refractivity (Wildman–Crippen MR) is 70.5 cm³/mol. The molecule has 4 heterocycles. The summed E-state index contributed by atoms with van der Waals surface area (Å²) in [6.07, 6.45) is 9.43. The largest absolute Gasteiger partial charge is 0.245 e. The van der Waals surface area contributed by atoms with Gasteiger partial charge in [-0.25, -0.2) is 4.63 Å². The number of hydrogen-bond donors (Lipinski definition) is 1. The highest BCUT2D eigenvalue weighted by atomic mass is 32.1. The van der Waals surface area contributed by atoms with Gasteiger partial charge in [-0.05, 0) is 0 Å². The summed E-state index contributed by atoms with van der Waals surface area (Å²) in [6, 6.07) is 0. The van der Waals surface area contributed by atoms with Crippen molar-refractivity contribution in [3.05, 3.63) is 48.2 Å². The lowest BCUT2D eigenvalue weighted by Gasteiger charge is -1.48. The second kappa shape index (κ2) is 12.8. The van der Waals surface area contributed by atoms with E-state index in [4.69, 9.17) is 0 Å². The van der Waals surface area contributed by atoms with E-state index < -0.39 is 0 Å². The fourth-order valence-corrected chi connectivity index (χ4v) is 1.12. The fourth-order valence-electron chi connectivity index (χ4n) is 0.575. The Bertz CT molecular complexity index is 363. The van der Waals surface area contributed by atoms with Crippen molar-refractivity contribution in [3.8, 4) is 0 Å². The van der Waals surface area contributed by atoms with Crippen molar-refractivity contribution in [1.82, 2.24) is 44.7 Å². The molecule has 0 aliphatic heterocycles. The Morgan fingerprint density at radius 3 is 1.55 bits per heavy atom. The predicted octanol–water partition coefficient (Wildman–Crippen LogP) is 0.950. The first-order valence-electron chi connectivity index (χ1n) is 4.91. The first-order chi connectivity index (χ1) is 10.0. The standard InChI is InChI=1S/C2H3N3.C2H2N2O.2C2H2N2S/c2*1-2-4-5-3-1;1-3-4-2-5-1;1-2-4-5-3-1/h1-2H,(H,3,4,5);3*1-2H. The number of nitrogens with zero attached hydrogens (tertiary/aromatic N) is 8. The molecule has 0 saturated carbocycles. The van der Waals surface area contributed by atoms with E-state index in [1.165, 1.54) is 35.5 Å². The van der Waals surface area contributed by atoms with Gasteiger partial charge in [-0.1, -0.05) is 10.3 Å². The Labute approximate surface area is 121 Å². The monoisotopic (exact) mass is 311 g/mol. The van der Waals surface area contributed by atoms with Gasteiger partial charge in [-0.2, -0.15) is 24.2 Å². The fraction of sp³-hybridized carbons (Fsp3) is 0. The third kappa shape index (κ3) is 10.5. The number of rotatable bonds is 0. The number of hydrogen-bond acceptors (Lipinski definition) is 11. The number of aromatic nitrogens is 9. The second-order valence-electron chi connectivity index (χ2n) is 2.42. The summed E-state index contributed by atoms with van der Waals surface area (Å²) in [5.74, 6) is 0. The molecule has 0 fully saturated rings. The minimum Gasteiger partial charge on any atom is -0.245 e. The molecule has 0 aliphatic rings. The number of nitrogens with one attached hydrogen (secondary N) is 1. The molecule has 0 aliphatic carbocycles. The Morgan fingerprint density at radius 2 is 1.35 bits per heavy atom. The number of H-pyrrole nitrogens is 1. The smallest absolute Gasteiger partial charge is 0.103 e. The van der Waals surface area contributed by atoms with Crippen LogP contribution in [0.4, 0.5) is 0 Å². The van der Waals surface area contributed by atoms with E-state index in [9.17, 15) is 0 Å². The molecule has 0 atom stereocenters. The highest BCUT2D eigenvalue weighted by Gasteiger charge is 1.62. The molecule has 104 valence electrons. The lowest BCUT2D eigenvalue weighted by atomic mass is 11.0. The Hall–Kier alpha value is -2.60. The van der Waals surface area contributed by atoms with Crippen LogP contribution in [-0.2, 0) is 0 Å². The summed E-state index contributed by atoms with van der Waals surface area (Å²) in [6.45, 7) is 0. The lowest BCUT2D eigenvalue weighted by molar-refractivity contribution is 0.307. The molecule has 0 spiro atoms. The average Bonchev–Trinajstić information content (AvgIpc) is 3.40. The van der Waals surface area contributed by atoms with E-state index >= 15 is 0 Å². The van der Waals surface area contributed by atoms with Crippen LogP contribution < -0.4 is 0 Å². The van der Waals surface area contributed by atoms with Crippen molar-refractivity contribution in [1.29, 1.82) is 0 Å². The molecule has 4 rings (SSSR count). The summed E-state index contributed by atoms with van der Waals surface area (Å²) < 4.78 is 11.4. The quantitative estimate of drug-likeness (QED) is 0.504. The van der Waals surface area contributed by atoms with Gasteiger partial charge in [-0.15, -0.1) is 21.5 Å². The average molecular weight is 311 g/mol. The van der Waals surface area contributed by atoms with Gasteiger partial charge >= 0.3 is 0 Å². The highest BCUT2D eigenvalue weighted by molar-refractivity contribution is 7.07. The van der Waals surface area contributed by atoms with E-state index in [0.29, 0.717) is 0 Å². The van der Waals surface area contributed by atoms with Crippen LogP contribution in [0, 0.1) is 0 Å². The van der Waals surface area contributed by atoms with E-state index in [2.05, 4.69) is 49.3 Å². The molecule has 0 aromatic carbocycles. The SMILES string of the molecule is c1cn[nH]n1.c1cnon1.c1cnsn1.c1nncs1. The molecule has 12 heteroatoms. The van der Waals surface area contributed by atoms with Crippen molar-refractivity contribution in [2.75, 3.05) is 0 Å². The van der Waals surface area contributed by atoms with Crippen molar-refractivity contribution in [2.45, 2.75) is 0 Å². The first kappa shape index (κ1) is 15.5. The van der Waals surface area contributed by atoms with Crippen LogP contribution in [0.2, 0.25) is 0 Å². The van der Waals surface area contributed by atoms with Gasteiger partial charge < -0.3 is 0 Å². The third-order valence-electron chi connectivity index (χ3n) is 1.18. The third-order valence-corrected chi connectivity index (χ3v) is 2.04. The van der Waals surface area contributed by atoms with Crippen molar-refractivity contribution in [2.24, 2.45) is 0 Å². The van der Waals surface area contributed by atoms with Gasteiger partial charge in [-0.3, -0.25) is 0 Å². The molecule has 0 unspecified atom stereocenters. The zero-order chi connectivity index (χ0) is 14.1. The molecule has 10 nitrogen and oxygen atoms in total. The Balaban J connectivity index is 0.000000133. The summed E-state index contributed by atoms with van der Waals surface area (Å²) in [5, 5.41) is 22.8. The van der Waals surface area contributed by atoms with Crippen LogP contribution in [0.3, 0.4) is 0 Å². The van der Waals surface area contributed by atoms with Gasteiger partial charge in [0.05, 0.1) is 48.9 Å². The second-order valence-corrected chi connectivity index (χ2v) is 3.69. The molecule has 4 aromatic rings. The molecular formula is C8H9N9OS2. The highest BCUT2D eigenvalue weighted by Crippen LogP contribution is 1.80. The number of aromatic amines is 1. The van der Waals surface area contributed by atoms with E-state index in [1.54, 1.807) is 35.8 Å². The van der Waals surface area contributed by atoms with Crippen LogP contribution >= 0.6 is 23.1 Å². The normalized spacial score (nSPS) is 8.00. The first-order valence-corrected chi connectivity index (χ1v) is 6.59. The molecule has 20 heavy (non-hydrogen) atoms. The zero-order valence-corrected chi connectivity index (χ0v) is 11.6. The minimum absolute atomic E-state index is 1.21. The van der Waals surface area contributed by atoms with Crippen LogP contribution in [0.25, 0.3) is 0 Å². The molecule has 0 radical (unpaired) electrons. The topological polar surface area (TPSA) is 132 Å². The van der Waals surface area contributed by atoms with E-state index in [0.717, 1.165) is 0 Å². The lowest BCUT2D eigenvalue weighted by Crippen LogP contribution is -1.61. The zero-order valence-electron chi connectivity index (χ0n) is 9.92. The minimum atomic E-state index is 1.21. The van der Waals surface area contributed by atoms with Gasteiger partial charge in [0.1, 0.15) is 11.0 Å².